The Morgan fingerprint density at radius 1 is 1.77 bits per heavy atom. The molecule has 0 bridgehead atoms. The first-order valence-electron chi connectivity index (χ1n) is 4.53. The molecule has 0 spiro atoms. The minimum atomic E-state index is -0.426. The van der Waals surface area contributed by atoms with Crippen molar-refractivity contribution in [1.82, 2.24) is 0 Å². The van der Waals surface area contributed by atoms with Crippen LogP contribution in [0.2, 0.25) is 0 Å². The minimum absolute atomic E-state index is 0.142. The largest absolute Gasteiger partial charge is 0.469 e. The van der Waals surface area contributed by atoms with Crippen molar-refractivity contribution in [3.8, 4) is 0 Å². The summed E-state index contributed by atoms with van der Waals surface area (Å²) in [5.41, 5.74) is 5.62. The fourth-order valence-electron chi connectivity index (χ4n) is 1.72. The Labute approximate surface area is 78.4 Å². The van der Waals surface area contributed by atoms with E-state index < -0.39 is 5.54 Å². The van der Waals surface area contributed by atoms with Gasteiger partial charge in [-0.05, 0) is 19.8 Å². The van der Waals surface area contributed by atoms with Crippen molar-refractivity contribution in [3.63, 3.8) is 0 Å². The number of hydrogen-bond donors (Lipinski definition) is 1. The van der Waals surface area contributed by atoms with Gasteiger partial charge in [0.1, 0.15) is 0 Å². The highest BCUT2D eigenvalue weighted by Crippen LogP contribution is 2.25. The summed E-state index contributed by atoms with van der Waals surface area (Å²) in [7, 11) is 1.38. The lowest BCUT2D eigenvalue weighted by atomic mass is 9.85. The van der Waals surface area contributed by atoms with E-state index in [9.17, 15) is 4.79 Å². The number of methoxy groups -OCH3 is 1. The van der Waals surface area contributed by atoms with Gasteiger partial charge in [-0.2, -0.15) is 0 Å². The molecule has 2 unspecified atom stereocenters. The van der Waals surface area contributed by atoms with Gasteiger partial charge in [0.25, 0.3) is 0 Å². The van der Waals surface area contributed by atoms with Gasteiger partial charge < -0.3 is 15.2 Å². The molecule has 2 N–H and O–H groups in total. The van der Waals surface area contributed by atoms with E-state index in [0.29, 0.717) is 6.61 Å². The molecule has 1 aliphatic heterocycles. The highest BCUT2D eigenvalue weighted by molar-refractivity contribution is 5.70. The zero-order valence-corrected chi connectivity index (χ0v) is 8.21. The van der Waals surface area contributed by atoms with E-state index in [1.807, 2.05) is 6.92 Å². The minimum Gasteiger partial charge on any atom is -0.469 e. The van der Waals surface area contributed by atoms with Crippen LogP contribution in [0.1, 0.15) is 26.2 Å². The molecule has 13 heavy (non-hydrogen) atoms. The molecule has 1 fully saturated rings. The van der Waals surface area contributed by atoms with Gasteiger partial charge in [-0.25, -0.2) is 0 Å². The molecule has 0 radical (unpaired) electrons. The molecule has 0 aromatic rings. The lowest BCUT2D eigenvalue weighted by Crippen LogP contribution is -2.49. The van der Waals surface area contributed by atoms with Crippen LogP contribution in [0.3, 0.4) is 0 Å². The Hall–Kier alpha value is -0.610. The number of rotatable bonds is 2. The summed E-state index contributed by atoms with van der Waals surface area (Å²) in [4.78, 5) is 11.0. The zero-order valence-electron chi connectivity index (χ0n) is 8.21. The van der Waals surface area contributed by atoms with Crippen LogP contribution in [-0.2, 0) is 14.3 Å². The average Bonchev–Trinajstić information content (AvgIpc) is 2.02. The maximum Gasteiger partial charge on any atom is 0.307 e. The molecule has 0 amide bonds. The molecule has 1 aliphatic rings. The summed E-state index contributed by atoms with van der Waals surface area (Å²) in [5, 5.41) is 0. The normalized spacial score (nSPS) is 34.2. The van der Waals surface area contributed by atoms with Crippen molar-refractivity contribution in [3.05, 3.63) is 0 Å². The molecule has 0 saturated carbocycles. The first-order chi connectivity index (χ1) is 6.06. The van der Waals surface area contributed by atoms with Gasteiger partial charge in [0, 0.05) is 12.1 Å². The highest BCUT2D eigenvalue weighted by atomic mass is 16.5. The van der Waals surface area contributed by atoms with E-state index in [0.717, 1.165) is 12.8 Å². The topological polar surface area (TPSA) is 61.5 Å². The lowest BCUT2D eigenvalue weighted by Gasteiger charge is -2.35. The van der Waals surface area contributed by atoms with E-state index in [2.05, 4.69) is 4.74 Å². The predicted octanol–water partition coefficient (Wildman–Crippen LogP) is 0.446. The second kappa shape index (κ2) is 4.07. The Morgan fingerprint density at radius 3 is 3.00 bits per heavy atom. The second-order valence-corrected chi connectivity index (χ2v) is 3.75. The second-order valence-electron chi connectivity index (χ2n) is 3.75. The van der Waals surface area contributed by atoms with Gasteiger partial charge in [0.2, 0.25) is 0 Å². The summed E-state index contributed by atoms with van der Waals surface area (Å²) >= 11 is 0. The number of hydrogen-bond acceptors (Lipinski definition) is 4. The molecular formula is C9H17NO3. The third kappa shape index (κ3) is 2.97. The van der Waals surface area contributed by atoms with Crippen LogP contribution >= 0.6 is 0 Å². The van der Waals surface area contributed by atoms with Crippen molar-refractivity contribution >= 4 is 5.97 Å². The maximum absolute atomic E-state index is 11.0. The van der Waals surface area contributed by atoms with E-state index in [4.69, 9.17) is 10.5 Å². The van der Waals surface area contributed by atoms with Crippen molar-refractivity contribution < 1.29 is 14.3 Å². The number of carbonyl (C=O) groups is 1. The standard InChI is InChI=1S/C9H17NO3/c1-7-5-9(10,3-4-13-7)6-8(11)12-2/h7H,3-6,10H2,1-2H3. The molecular weight excluding hydrogens is 170 g/mol. The third-order valence-corrected chi connectivity index (χ3v) is 2.42. The fourth-order valence-corrected chi connectivity index (χ4v) is 1.72. The summed E-state index contributed by atoms with van der Waals surface area (Å²) in [6, 6.07) is 0. The Balaban J connectivity index is 2.49. The van der Waals surface area contributed by atoms with Crippen LogP contribution in [0.4, 0.5) is 0 Å². The summed E-state index contributed by atoms with van der Waals surface area (Å²) in [5.74, 6) is -0.239. The van der Waals surface area contributed by atoms with E-state index in [-0.39, 0.29) is 18.5 Å². The van der Waals surface area contributed by atoms with Crippen LogP contribution < -0.4 is 5.73 Å². The number of nitrogens with two attached hydrogens (primary N) is 1. The molecule has 1 rings (SSSR count). The zero-order chi connectivity index (χ0) is 9.90. The summed E-state index contributed by atoms with van der Waals surface area (Å²) in [6.45, 7) is 2.60. The number of carbonyl (C=O) groups excluding carboxylic acids is 1. The van der Waals surface area contributed by atoms with Crippen molar-refractivity contribution in [2.45, 2.75) is 37.8 Å². The summed E-state index contributed by atoms with van der Waals surface area (Å²) < 4.78 is 9.95. The van der Waals surface area contributed by atoms with Gasteiger partial charge in [-0.1, -0.05) is 0 Å². The van der Waals surface area contributed by atoms with Gasteiger partial charge in [0.05, 0.1) is 19.6 Å². The molecule has 1 heterocycles. The number of esters is 1. The summed E-state index contributed by atoms with van der Waals surface area (Å²) in [6.07, 6.45) is 1.88. The van der Waals surface area contributed by atoms with Crippen LogP contribution in [0.5, 0.6) is 0 Å². The van der Waals surface area contributed by atoms with E-state index in [1.54, 1.807) is 0 Å². The quantitative estimate of drug-likeness (QED) is 0.637. The van der Waals surface area contributed by atoms with E-state index >= 15 is 0 Å². The van der Waals surface area contributed by atoms with Gasteiger partial charge in [-0.15, -0.1) is 0 Å². The third-order valence-electron chi connectivity index (χ3n) is 2.42. The first-order valence-corrected chi connectivity index (χ1v) is 4.53. The SMILES string of the molecule is COC(=O)CC1(N)CCOC(C)C1. The molecule has 0 aliphatic carbocycles. The molecule has 4 nitrogen and oxygen atoms in total. The highest BCUT2D eigenvalue weighted by Gasteiger charge is 2.33. The molecule has 1 saturated heterocycles. The molecule has 0 aromatic heterocycles. The predicted molar refractivity (Wildman–Crippen MR) is 48.2 cm³/mol. The van der Waals surface area contributed by atoms with Gasteiger partial charge in [0.15, 0.2) is 0 Å². The van der Waals surface area contributed by atoms with Crippen molar-refractivity contribution in [1.29, 1.82) is 0 Å². The van der Waals surface area contributed by atoms with Crippen molar-refractivity contribution in [2.24, 2.45) is 5.73 Å². The lowest BCUT2D eigenvalue weighted by molar-refractivity contribution is -0.143. The Morgan fingerprint density at radius 2 is 2.46 bits per heavy atom. The van der Waals surface area contributed by atoms with Crippen LogP contribution in [-0.4, -0.2) is 31.3 Å². The van der Waals surface area contributed by atoms with Crippen LogP contribution in [0, 0.1) is 0 Å². The molecule has 76 valence electrons. The molecule has 0 aromatic carbocycles. The van der Waals surface area contributed by atoms with Crippen LogP contribution in [0.25, 0.3) is 0 Å². The first kappa shape index (κ1) is 10.5. The van der Waals surface area contributed by atoms with Gasteiger partial charge >= 0.3 is 5.97 Å². The monoisotopic (exact) mass is 187 g/mol. The Bertz CT molecular complexity index is 195. The fraction of sp³-hybridized carbons (Fsp3) is 0.889. The van der Waals surface area contributed by atoms with Crippen molar-refractivity contribution in [2.75, 3.05) is 13.7 Å². The smallest absolute Gasteiger partial charge is 0.307 e. The maximum atomic E-state index is 11.0. The van der Waals surface area contributed by atoms with Crippen LogP contribution in [0.15, 0.2) is 0 Å². The number of ether oxygens (including phenoxy) is 2. The molecule has 4 heteroatoms. The molecule has 2 atom stereocenters. The Kier molecular flexibility index (Phi) is 3.27. The van der Waals surface area contributed by atoms with Gasteiger partial charge in [-0.3, -0.25) is 4.79 Å². The van der Waals surface area contributed by atoms with E-state index in [1.165, 1.54) is 7.11 Å². The average molecular weight is 187 g/mol.